The van der Waals surface area contributed by atoms with Crippen LogP contribution in [0, 0.1) is 5.82 Å². The molecule has 166 valence electrons. The van der Waals surface area contributed by atoms with Gasteiger partial charge in [0.1, 0.15) is 11.9 Å². The number of rotatable bonds is 9. The SMILES string of the molecule is CCCC(NC(=O)NCc1ccc(F)cc1)C(=O)Nc1ccc(Nc2ncccn2)cc1. The summed E-state index contributed by atoms with van der Waals surface area (Å²) < 4.78 is 13.0. The molecule has 0 radical (unpaired) electrons. The van der Waals surface area contributed by atoms with Crippen molar-refractivity contribution >= 4 is 29.3 Å². The number of benzene rings is 2. The summed E-state index contributed by atoms with van der Waals surface area (Å²) in [5, 5.41) is 11.3. The first-order valence-corrected chi connectivity index (χ1v) is 10.3. The molecule has 4 N–H and O–H groups in total. The molecule has 1 heterocycles. The summed E-state index contributed by atoms with van der Waals surface area (Å²) in [6, 6.07) is 13.5. The predicted molar refractivity (Wildman–Crippen MR) is 121 cm³/mol. The molecule has 3 rings (SSSR count). The van der Waals surface area contributed by atoms with Crippen molar-refractivity contribution in [3.63, 3.8) is 0 Å². The Kier molecular flexibility index (Phi) is 8.08. The molecule has 0 aliphatic carbocycles. The maximum Gasteiger partial charge on any atom is 0.315 e. The molecule has 0 fully saturated rings. The second-order valence-corrected chi connectivity index (χ2v) is 7.06. The molecule has 0 saturated carbocycles. The van der Waals surface area contributed by atoms with Crippen LogP contribution in [0.15, 0.2) is 67.0 Å². The smallest absolute Gasteiger partial charge is 0.315 e. The van der Waals surface area contributed by atoms with Gasteiger partial charge in [-0.1, -0.05) is 25.5 Å². The van der Waals surface area contributed by atoms with E-state index in [0.29, 0.717) is 18.1 Å². The molecule has 1 aromatic heterocycles. The number of amides is 3. The lowest BCUT2D eigenvalue weighted by Gasteiger charge is -2.18. The summed E-state index contributed by atoms with van der Waals surface area (Å²) >= 11 is 0. The van der Waals surface area contributed by atoms with Gasteiger partial charge in [0.15, 0.2) is 0 Å². The van der Waals surface area contributed by atoms with Gasteiger partial charge in [-0.3, -0.25) is 4.79 Å². The number of anilines is 3. The van der Waals surface area contributed by atoms with E-state index in [4.69, 9.17) is 0 Å². The first kappa shape index (κ1) is 22.7. The molecule has 32 heavy (non-hydrogen) atoms. The average molecular weight is 436 g/mol. The summed E-state index contributed by atoms with van der Waals surface area (Å²) in [5.41, 5.74) is 2.13. The number of hydrogen-bond acceptors (Lipinski definition) is 5. The third-order valence-corrected chi connectivity index (χ3v) is 4.54. The van der Waals surface area contributed by atoms with E-state index < -0.39 is 12.1 Å². The molecule has 9 heteroatoms. The predicted octanol–water partition coefficient (Wildman–Crippen LogP) is 3.97. The van der Waals surface area contributed by atoms with E-state index in [2.05, 4.69) is 31.2 Å². The molecule has 0 aliphatic heterocycles. The highest BCUT2D eigenvalue weighted by molar-refractivity contribution is 5.97. The van der Waals surface area contributed by atoms with Crippen molar-refractivity contribution in [3.05, 3.63) is 78.4 Å². The van der Waals surface area contributed by atoms with Crippen molar-refractivity contribution in [2.24, 2.45) is 0 Å². The monoisotopic (exact) mass is 436 g/mol. The van der Waals surface area contributed by atoms with E-state index in [9.17, 15) is 14.0 Å². The van der Waals surface area contributed by atoms with Crippen molar-refractivity contribution < 1.29 is 14.0 Å². The third-order valence-electron chi connectivity index (χ3n) is 4.54. The Morgan fingerprint density at radius 1 is 0.969 bits per heavy atom. The second-order valence-electron chi connectivity index (χ2n) is 7.06. The van der Waals surface area contributed by atoms with Crippen LogP contribution in [0.2, 0.25) is 0 Å². The van der Waals surface area contributed by atoms with Gasteiger partial charge in [0.05, 0.1) is 0 Å². The molecular formula is C23H25FN6O2. The van der Waals surface area contributed by atoms with Crippen molar-refractivity contribution in [1.29, 1.82) is 0 Å². The van der Waals surface area contributed by atoms with Gasteiger partial charge in [-0.15, -0.1) is 0 Å². The number of nitrogens with one attached hydrogen (secondary N) is 4. The zero-order valence-electron chi connectivity index (χ0n) is 17.6. The van der Waals surface area contributed by atoms with E-state index in [1.165, 1.54) is 12.1 Å². The lowest BCUT2D eigenvalue weighted by atomic mass is 10.1. The Hall–Kier alpha value is -4.01. The molecule has 0 aliphatic rings. The fraction of sp³-hybridized carbons (Fsp3) is 0.217. The maximum absolute atomic E-state index is 13.0. The Morgan fingerprint density at radius 2 is 1.62 bits per heavy atom. The van der Waals surface area contributed by atoms with Gasteiger partial charge in [0.25, 0.3) is 0 Å². The Labute approximate surface area is 185 Å². The summed E-state index contributed by atoms with van der Waals surface area (Å²) in [6.07, 6.45) is 4.48. The van der Waals surface area contributed by atoms with Crippen LogP contribution in [0.5, 0.6) is 0 Å². The van der Waals surface area contributed by atoms with Gasteiger partial charge < -0.3 is 21.3 Å². The van der Waals surface area contributed by atoms with Gasteiger partial charge in [0.2, 0.25) is 11.9 Å². The van der Waals surface area contributed by atoms with Gasteiger partial charge in [-0.25, -0.2) is 19.2 Å². The summed E-state index contributed by atoms with van der Waals surface area (Å²) in [6.45, 7) is 2.16. The summed E-state index contributed by atoms with van der Waals surface area (Å²) in [7, 11) is 0. The zero-order valence-corrected chi connectivity index (χ0v) is 17.6. The number of hydrogen-bond donors (Lipinski definition) is 4. The van der Waals surface area contributed by atoms with Gasteiger partial charge >= 0.3 is 6.03 Å². The third kappa shape index (κ3) is 7.05. The van der Waals surface area contributed by atoms with Crippen LogP contribution in [0.3, 0.4) is 0 Å². The summed E-state index contributed by atoms with van der Waals surface area (Å²) in [4.78, 5) is 33.1. The summed E-state index contributed by atoms with van der Waals surface area (Å²) in [5.74, 6) is -0.172. The van der Waals surface area contributed by atoms with Crippen molar-refractivity contribution in [2.45, 2.75) is 32.4 Å². The Bertz CT molecular complexity index is 1010. The number of nitrogens with zero attached hydrogens (tertiary/aromatic N) is 2. The van der Waals surface area contributed by atoms with E-state index in [1.807, 2.05) is 6.92 Å². The van der Waals surface area contributed by atoms with Crippen LogP contribution >= 0.6 is 0 Å². The molecule has 0 saturated heterocycles. The highest BCUT2D eigenvalue weighted by Crippen LogP contribution is 2.17. The van der Waals surface area contributed by atoms with Gasteiger partial charge in [0, 0.05) is 30.3 Å². The van der Waals surface area contributed by atoms with Crippen LogP contribution in [-0.2, 0) is 11.3 Å². The fourth-order valence-corrected chi connectivity index (χ4v) is 2.91. The minimum atomic E-state index is -0.691. The lowest BCUT2D eigenvalue weighted by Crippen LogP contribution is -2.47. The Morgan fingerprint density at radius 3 is 2.28 bits per heavy atom. The molecule has 8 nitrogen and oxygen atoms in total. The van der Waals surface area contributed by atoms with Crippen LogP contribution in [0.1, 0.15) is 25.3 Å². The van der Waals surface area contributed by atoms with E-state index in [1.54, 1.807) is 54.9 Å². The maximum atomic E-state index is 13.0. The number of urea groups is 1. The quantitative estimate of drug-likeness (QED) is 0.406. The molecule has 3 aromatic rings. The number of halogens is 1. The average Bonchev–Trinajstić information content (AvgIpc) is 2.80. The number of carbonyl (C=O) groups is 2. The van der Waals surface area contributed by atoms with Crippen LogP contribution in [0.4, 0.5) is 26.5 Å². The minimum Gasteiger partial charge on any atom is -0.334 e. The minimum absolute atomic E-state index is 0.228. The first-order chi connectivity index (χ1) is 15.5. The number of carbonyl (C=O) groups excluding carboxylic acids is 2. The molecule has 3 amide bonds. The van der Waals surface area contributed by atoms with Gasteiger partial charge in [-0.2, -0.15) is 0 Å². The molecule has 0 spiro atoms. The standard InChI is InChI=1S/C23H25FN6O2/c1-2-4-20(30-23(32)27-15-16-5-7-17(24)8-6-16)21(31)28-18-9-11-19(12-10-18)29-22-25-13-3-14-26-22/h3,5-14,20H,2,4,15H2,1H3,(H,28,31)(H,25,26,29)(H2,27,30,32). The van der Waals surface area contributed by atoms with Crippen LogP contribution in [0.25, 0.3) is 0 Å². The molecule has 2 aromatic carbocycles. The Balaban J connectivity index is 1.52. The van der Waals surface area contributed by atoms with E-state index in [0.717, 1.165) is 17.7 Å². The van der Waals surface area contributed by atoms with Crippen LogP contribution < -0.4 is 21.3 Å². The van der Waals surface area contributed by atoms with E-state index in [-0.39, 0.29) is 18.3 Å². The molecule has 1 atom stereocenters. The van der Waals surface area contributed by atoms with Crippen molar-refractivity contribution in [3.8, 4) is 0 Å². The fourth-order valence-electron chi connectivity index (χ4n) is 2.91. The zero-order chi connectivity index (χ0) is 22.8. The number of aromatic nitrogens is 2. The van der Waals surface area contributed by atoms with E-state index >= 15 is 0 Å². The van der Waals surface area contributed by atoms with Crippen molar-refractivity contribution in [2.75, 3.05) is 10.6 Å². The second kappa shape index (κ2) is 11.4. The highest BCUT2D eigenvalue weighted by atomic mass is 19.1. The highest BCUT2D eigenvalue weighted by Gasteiger charge is 2.20. The van der Waals surface area contributed by atoms with Crippen molar-refractivity contribution in [1.82, 2.24) is 20.6 Å². The van der Waals surface area contributed by atoms with Crippen LogP contribution in [-0.4, -0.2) is 27.9 Å². The largest absolute Gasteiger partial charge is 0.334 e. The first-order valence-electron chi connectivity index (χ1n) is 10.3. The molecule has 0 bridgehead atoms. The molecular weight excluding hydrogens is 411 g/mol. The molecule has 1 unspecified atom stereocenters. The normalized spacial score (nSPS) is 11.3. The lowest BCUT2D eigenvalue weighted by molar-refractivity contribution is -0.118. The topological polar surface area (TPSA) is 108 Å². The van der Waals surface area contributed by atoms with Gasteiger partial charge in [-0.05, 0) is 54.4 Å².